The second kappa shape index (κ2) is 8.09. The Labute approximate surface area is 136 Å². The fourth-order valence-electron chi connectivity index (χ4n) is 1.94. The van der Waals surface area contributed by atoms with Gasteiger partial charge in [-0.15, -0.1) is 0 Å². The van der Waals surface area contributed by atoms with E-state index >= 15 is 0 Å². The molecule has 118 valence electrons. The summed E-state index contributed by atoms with van der Waals surface area (Å²) in [5.74, 6) is 0.309. The van der Waals surface area contributed by atoms with E-state index in [0.717, 1.165) is 16.7 Å². The first-order valence-electron chi connectivity index (χ1n) is 6.74. The molecule has 0 aliphatic heterocycles. The van der Waals surface area contributed by atoms with Gasteiger partial charge in [0.15, 0.2) is 5.69 Å². The lowest BCUT2D eigenvalue weighted by Gasteiger charge is -2.06. The van der Waals surface area contributed by atoms with Crippen molar-refractivity contribution in [3.05, 3.63) is 30.2 Å². The number of rotatable bonds is 8. The lowest BCUT2D eigenvalue weighted by Crippen LogP contribution is -2.27. The third-order valence-corrected chi connectivity index (χ3v) is 5.36. The fourth-order valence-corrected chi connectivity index (χ4v) is 3.83. The number of amides is 1. The molecule has 0 aromatic carbocycles. The van der Waals surface area contributed by atoms with E-state index in [-0.39, 0.29) is 12.3 Å². The smallest absolute Gasteiger partial charge is 0.304 e. The van der Waals surface area contributed by atoms with E-state index in [1.807, 2.05) is 29.9 Å². The Morgan fingerprint density at radius 3 is 2.86 bits per heavy atom. The lowest BCUT2D eigenvalue weighted by atomic mass is 10.2. The molecule has 22 heavy (non-hydrogen) atoms. The van der Waals surface area contributed by atoms with Gasteiger partial charge in [0.25, 0.3) is 5.91 Å². The zero-order valence-electron chi connectivity index (χ0n) is 12.1. The number of aryl methyl sites for hydroxylation is 1. The number of fused-ring (bicyclic) bond motifs is 1. The largest absolute Gasteiger partial charge is 0.481 e. The van der Waals surface area contributed by atoms with E-state index in [1.54, 1.807) is 17.0 Å². The average molecular weight is 339 g/mol. The van der Waals surface area contributed by atoms with E-state index in [4.69, 9.17) is 5.11 Å². The minimum atomic E-state index is -0.789. The van der Waals surface area contributed by atoms with Crippen molar-refractivity contribution in [3.8, 4) is 0 Å². The van der Waals surface area contributed by atoms with Crippen molar-refractivity contribution < 1.29 is 14.7 Å². The van der Waals surface area contributed by atoms with Crippen LogP contribution in [0.5, 0.6) is 0 Å². The maximum atomic E-state index is 12.2. The summed E-state index contributed by atoms with van der Waals surface area (Å²) in [6.07, 6.45) is 3.69. The van der Waals surface area contributed by atoms with Crippen LogP contribution in [0.25, 0.3) is 10.9 Å². The zero-order chi connectivity index (χ0) is 15.9. The molecule has 0 aliphatic carbocycles. The number of nitrogens with one attached hydrogen (secondary N) is 1. The van der Waals surface area contributed by atoms with Gasteiger partial charge in [0, 0.05) is 42.9 Å². The summed E-state index contributed by atoms with van der Waals surface area (Å²) >= 11 is 0. The van der Waals surface area contributed by atoms with Crippen LogP contribution in [0.3, 0.4) is 0 Å². The molecule has 6 nitrogen and oxygen atoms in total. The summed E-state index contributed by atoms with van der Waals surface area (Å²) in [6, 6.07) is 3.82. The van der Waals surface area contributed by atoms with Crippen LogP contribution in [-0.2, 0) is 11.8 Å². The Morgan fingerprint density at radius 1 is 1.32 bits per heavy atom. The number of carbonyl (C=O) groups is 2. The van der Waals surface area contributed by atoms with Gasteiger partial charge in [0.1, 0.15) is 0 Å². The van der Waals surface area contributed by atoms with Crippen LogP contribution in [-0.4, -0.2) is 44.6 Å². The number of pyridine rings is 1. The lowest BCUT2D eigenvalue weighted by molar-refractivity contribution is -0.136. The minimum Gasteiger partial charge on any atom is -0.481 e. The molecule has 0 bridgehead atoms. The zero-order valence-corrected chi connectivity index (χ0v) is 13.7. The number of hydrogen-bond donors (Lipinski definition) is 2. The third-order valence-electron chi connectivity index (χ3n) is 2.95. The Morgan fingerprint density at radius 2 is 2.09 bits per heavy atom. The number of hydrogen-bond acceptors (Lipinski definition) is 5. The number of carboxylic acids is 1. The highest BCUT2D eigenvalue weighted by atomic mass is 33.1. The third kappa shape index (κ3) is 4.41. The SMILES string of the molecule is Cn1ccc2ccnc(C(=O)NCCSSCCC(=O)O)c21. The van der Waals surface area contributed by atoms with Crippen molar-refractivity contribution in [3.63, 3.8) is 0 Å². The molecular formula is C14H17N3O3S2. The average Bonchev–Trinajstić information content (AvgIpc) is 2.87. The van der Waals surface area contributed by atoms with Crippen LogP contribution >= 0.6 is 21.6 Å². The van der Waals surface area contributed by atoms with Crippen molar-refractivity contribution >= 4 is 44.4 Å². The van der Waals surface area contributed by atoms with E-state index in [1.165, 1.54) is 10.8 Å². The number of nitrogens with zero attached hydrogens (tertiary/aromatic N) is 2. The molecule has 0 fully saturated rings. The van der Waals surface area contributed by atoms with E-state index in [2.05, 4.69) is 10.3 Å². The predicted molar refractivity (Wildman–Crippen MR) is 90.2 cm³/mol. The van der Waals surface area contributed by atoms with E-state index in [9.17, 15) is 9.59 Å². The molecule has 2 aromatic heterocycles. The molecule has 2 heterocycles. The second-order valence-electron chi connectivity index (χ2n) is 4.57. The molecule has 1 amide bonds. The molecule has 0 saturated carbocycles. The fraction of sp³-hybridized carbons (Fsp3) is 0.357. The maximum absolute atomic E-state index is 12.2. The highest BCUT2D eigenvalue weighted by molar-refractivity contribution is 8.76. The highest BCUT2D eigenvalue weighted by Gasteiger charge is 2.13. The first-order chi connectivity index (χ1) is 10.6. The van der Waals surface area contributed by atoms with E-state index < -0.39 is 5.97 Å². The number of carboxylic acid groups (broad SMARTS) is 1. The summed E-state index contributed by atoms with van der Waals surface area (Å²) in [7, 11) is 4.94. The maximum Gasteiger partial charge on any atom is 0.304 e. The molecule has 8 heteroatoms. The Bertz CT molecular complexity index is 672. The van der Waals surface area contributed by atoms with Gasteiger partial charge >= 0.3 is 5.97 Å². The first-order valence-corrected chi connectivity index (χ1v) is 9.23. The molecule has 0 unspecified atom stereocenters. The predicted octanol–water partition coefficient (Wildman–Crippen LogP) is 2.16. The Hall–Kier alpha value is -1.67. The highest BCUT2D eigenvalue weighted by Crippen LogP contribution is 2.21. The van der Waals surface area contributed by atoms with Gasteiger partial charge in [-0.25, -0.2) is 4.98 Å². The number of aliphatic carboxylic acids is 1. The minimum absolute atomic E-state index is 0.156. The number of carbonyl (C=O) groups excluding carboxylic acids is 1. The molecule has 0 spiro atoms. The monoisotopic (exact) mass is 339 g/mol. The van der Waals surface area contributed by atoms with Crippen LogP contribution in [0.2, 0.25) is 0 Å². The van der Waals surface area contributed by atoms with Crippen LogP contribution in [0.1, 0.15) is 16.9 Å². The van der Waals surface area contributed by atoms with Crippen LogP contribution in [0, 0.1) is 0 Å². The van der Waals surface area contributed by atoms with Crippen LogP contribution in [0.4, 0.5) is 0 Å². The van der Waals surface area contributed by atoms with Gasteiger partial charge in [0.2, 0.25) is 0 Å². The van der Waals surface area contributed by atoms with Gasteiger partial charge in [-0.05, 0) is 12.1 Å². The van der Waals surface area contributed by atoms with Crippen molar-refractivity contribution in [2.45, 2.75) is 6.42 Å². The van der Waals surface area contributed by atoms with Gasteiger partial charge in [-0.3, -0.25) is 9.59 Å². The van der Waals surface area contributed by atoms with Crippen molar-refractivity contribution in [2.24, 2.45) is 7.05 Å². The van der Waals surface area contributed by atoms with Gasteiger partial charge in [0.05, 0.1) is 11.9 Å². The van der Waals surface area contributed by atoms with Gasteiger partial charge < -0.3 is 15.0 Å². The summed E-state index contributed by atoms with van der Waals surface area (Å²) in [5.41, 5.74) is 1.25. The molecule has 2 aromatic rings. The topological polar surface area (TPSA) is 84.2 Å². The van der Waals surface area contributed by atoms with Gasteiger partial charge in [-0.1, -0.05) is 21.6 Å². The van der Waals surface area contributed by atoms with Crippen LogP contribution < -0.4 is 5.32 Å². The standard InChI is InChI=1S/C14H17N3O3S2/c1-17-7-3-10-2-5-15-12(13(10)17)14(20)16-6-9-22-21-8-4-11(18)19/h2-3,5,7H,4,6,8-9H2,1H3,(H,16,20)(H,18,19). The van der Waals surface area contributed by atoms with Crippen LogP contribution in [0.15, 0.2) is 24.5 Å². The molecular weight excluding hydrogens is 322 g/mol. The van der Waals surface area contributed by atoms with Crippen molar-refractivity contribution in [1.29, 1.82) is 0 Å². The molecule has 0 saturated heterocycles. The normalized spacial score (nSPS) is 10.8. The summed E-state index contributed by atoms with van der Waals surface area (Å²) in [5, 5.41) is 12.3. The molecule has 0 atom stereocenters. The quantitative estimate of drug-likeness (QED) is 0.566. The van der Waals surface area contributed by atoms with Gasteiger partial charge in [-0.2, -0.15) is 0 Å². The molecule has 0 aliphatic rings. The second-order valence-corrected chi connectivity index (χ2v) is 7.27. The molecule has 2 N–H and O–H groups in total. The summed E-state index contributed by atoms with van der Waals surface area (Å²) in [4.78, 5) is 26.7. The summed E-state index contributed by atoms with van der Waals surface area (Å²) in [6.45, 7) is 0.520. The molecule has 2 rings (SSSR count). The van der Waals surface area contributed by atoms with Crippen molar-refractivity contribution in [1.82, 2.24) is 14.9 Å². The Kier molecular flexibility index (Phi) is 6.14. The molecule has 0 radical (unpaired) electrons. The number of aromatic nitrogens is 2. The van der Waals surface area contributed by atoms with Crippen molar-refractivity contribution in [2.75, 3.05) is 18.1 Å². The first kappa shape index (κ1) is 16.7. The van der Waals surface area contributed by atoms with E-state index in [0.29, 0.717) is 18.0 Å². The Balaban J connectivity index is 1.80. The summed E-state index contributed by atoms with van der Waals surface area (Å²) < 4.78 is 1.88.